The highest BCUT2D eigenvalue weighted by Crippen LogP contribution is 2.39. The lowest BCUT2D eigenvalue weighted by atomic mass is 10.0. The molecule has 0 atom stereocenters. The normalized spacial score (nSPS) is 11.0. The van der Waals surface area contributed by atoms with Gasteiger partial charge in [-0.3, -0.25) is 0 Å². The Hall–Kier alpha value is -2.73. The van der Waals surface area contributed by atoms with Crippen LogP contribution in [0.2, 0.25) is 10.0 Å². The molecular weight excluding hydrogens is 447 g/mol. The highest BCUT2D eigenvalue weighted by molar-refractivity contribution is 7.99. The molecule has 4 nitrogen and oxygen atoms in total. The van der Waals surface area contributed by atoms with Crippen LogP contribution in [0.4, 0.5) is 11.4 Å². The maximum Gasteiger partial charge on any atom is 0.106 e. The number of nitrogens with two attached hydrogens (primary N) is 2. The molecule has 4 N–H and O–H groups in total. The lowest BCUT2D eigenvalue weighted by molar-refractivity contribution is 1.04. The number of rotatable bonds is 4. The molecular formula is C24H20Cl2N4S. The smallest absolute Gasteiger partial charge is 0.106 e. The largest absolute Gasteiger partial charge is 0.399 e. The Bertz CT molecular complexity index is 1190. The summed E-state index contributed by atoms with van der Waals surface area (Å²) in [4.78, 5) is 9.18. The van der Waals surface area contributed by atoms with Crippen molar-refractivity contribution < 1.29 is 0 Å². The van der Waals surface area contributed by atoms with Gasteiger partial charge >= 0.3 is 0 Å². The fourth-order valence-corrected chi connectivity index (χ4v) is 4.93. The predicted octanol–water partition coefficient (Wildman–Crippen LogP) is 7.05. The van der Waals surface area contributed by atoms with Crippen molar-refractivity contribution in [3.8, 4) is 22.3 Å². The van der Waals surface area contributed by atoms with E-state index in [1.807, 2.05) is 50.2 Å². The molecule has 156 valence electrons. The number of halogens is 2. The van der Waals surface area contributed by atoms with Crippen LogP contribution in [0.15, 0.2) is 71.0 Å². The minimum absolute atomic E-state index is 0.611. The average molecular weight is 467 g/mol. The first kappa shape index (κ1) is 21.5. The minimum Gasteiger partial charge on any atom is -0.399 e. The van der Waals surface area contributed by atoms with Crippen molar-refractivity contribution in [2.45, 2.75) is 23.9 Å². The minimum atomic E-state index is 0.611. The predicted molar refractivity (Wildman–Crippen MR) is 132 cm³/mol. The molecule has 0 aliphatic rings. The highest BCUT2D eigenvalue weighted by atomic mass is 35.5. The Morgan fingerprint density at radius 1 is 0.645 bits per heavy atom. The van der Waals surface area contributed by atoms with Gasteiger partial charge in [0.25, 0.3) is 0 Å². The summed E-state index contributed by atoms with van der Waals surface area (Å²) in [6, 6.07) is 15.0. The molecule has 31 heavy (non-hydrogen) atoms. The van der Waals surface area contributed by atoms with Gasteiger partial charge in [0.1, 0.15) is 10.1 Å². The third kappa shape index (κ3) is 4.35. The molecule has 0 spiro atoms. The van der Waals surface area contributed by atoms with Gasteiger partial charge in [0.05, 0.1) is 10.0 Å². The second-order valence-corrected chi connectivity index (χ2v) is 8.95. The Kier molecular flexibility index (Phi) is 6.10. The Morgan fingerprint density at radius 2 is 1.06 bits per heavy atom. The van der Waals surface area contributed by atoms with Crippen molar-refractivity contribution in [1.29, 1.82) is 0 Å². The lowest BCUT2D eigenvalue weighted by Crippen LogP contribution is -1.95. The van der Waals surface area contributed by atoms with Gasteiger partial charge in [0.2, 0.25) is 0 Å². The van der Waals surface area contributed by atoms with Gasteiger partial charge in [0, 0.05) is 34.9 Å². The second-order valence-electron chi connectivity index (χ2n) is 7.16. The van der Waals surface area contributed by atoms with Crippen molar-refractivity contribution in [2.75, 3.05) is 11.5 Å². The fraction of sp³-hybridized carbons (Fsp3) is 0.0833. The molecule has 0 unspecified atom stereocenters. The molecule has 0 aliphatic heterocycles. The van der Waals surface area contributed by atoms with E-state index in [2.05, 4.69) is 9.97 Å². The van der Waals surface area contributed by atoms with E-state index in [4.69, 9.17) is 34.7 Å². The maximum absolute atomic E-state index is 6.45. The first-order chi connectivity index (χ1) is 14.8. The van der Waals surface area contributed by atoms with E-state index in [9.17, 15) is 0 Å². The first-order valence-corrected chi connectivity index (χ1v) is 11.1. The van der Waals surface area contributed by atoms with Crippen molar-refractivity contribution >= 4 is 46.3 Å². The van der Waals surface area contributed by atoms with Crippen LogP contribution in [-0.2, 0) is 0 Å². The zero-order chi connectivity index (χ0) is 22.1. The van der Waals surface area contributed by atoms with Gasteiger partial charge in [-0.05, 0) is 84.3 Å². The van der Waals surface area contributed by atoms with Crippen molar-refractivity contribution in [3.63, 3.8) is 0 Å². The van der Waals surface area contributed by atoms with E-state index in [1.54, 1.807) is 24.5 Å². The number of aromatic nitrogens is 2. The zero-order valence-electron chi connectivity index (χ0n) is 17.0. The van der Waals surface area contributed by atoms with Crippen LogP contribution in [0.1, 0.15) is 11.1 Å². The summed E-state index contributed by atoms with van der Waals surface area (Å²) in [6.45, 7) is 4.07. The zero-order valence-corrected chi connectivity index (χ0v) is 19.3. The van der Waals surface area contributed by atoms with Gasteiger partial charge in [0.15, 0.2) is 0 Å². The summed E-state index contributed by atoms with van der Waals surface area (Å²) in [5.41, 5.74) is 18.9. The molecule has 4 aromatic rings. The van der Waals surface area contributed by atoms with Gasteiger partial charge in [-0.2, -0.15) is 0 Å². The third-order valence-corrected chi connectivity index (χ3v) is 6.91. The Morgan fingerprint density at radius 3 is 1.45 bits per heavy atom. The highest BCUT2D eigenvalue weighted by Gasteiger charge is 2.16. The molecule has 2 aromatic heterocycles. The van der Waals surface area contributed by atoms with E-state index >= 15 is 0 Å². The van der Waals surface area contributed by atoms with Crippen molar-refractivity contribution in [1.82, 2.24) is 9.97 Å². The van der Waals surface area contributed by atoms with E-state index in [0.717, 1.165) is 43.4 Å². The molecule has 0 saturated heterocycles. The third-order valence-electron chi connectivity index (χ3n) is 5.08. The maximum atomic E-state index is 6.45. The number of hydrogen-bond acceptors (Lipinski definition) is 5. The molecule has 0 radical (unpaired) electrons. The molecule has 0 aliphatic carbocycles. The molecule has 0 amide bonds. The van der Waals surface area contributed by atoms with Crippen LogP contribution in [0.5, 0.6) is 0 Å². The molecule has 0 saturated carbocycles. The van der Waals surface area contributed by atoms with Gasteiger partial charge in [-0.1, -0.05) is 35.3 Å². The Balaban J connectivity index is 1.74. The van der Waals surface area contributed by atoms with E-state index in [-0.39, 0.29) is 0 Å². The number of benzene rings is 2. The van der Waals surface area contributed by atoms with E-state index in [0.29, 0.717) is 21.4 Å². The van der Waals surface area contributed by atoms with Crippen LogP contribution in [0.25, 0.3) is 22.3 Å². The fourth-order valence-electron chi connectivity index (χ4n) is 3.41. The summed E-state index contributed by atoms with van der Waals surface area (Å²) in [5.74, 6) is 0. The van der Waals surface area contributed by atoms with Gasteiger partial charge in [-0.15, -0.1) is 0 Å². The summed E-state index contributed by atoms with van der Waals surface area (Å²) >= 11 is 14.4. The Labute approximate surface area is 195 Å². The molecule has 2 aromatic carbocycles. The van der Waals surface area contributed by atoms with Crippen LogP contribution in [0, 0.1) is 13.8 Å². The van der Waals surface area contributed by atoms with Crippen molar-refractivity contribution in [3.05, 3.63) is 82.1 Å². The standard InChI is InChI=1S/C24H20Cl2N4S/c1-13-17(19-5-3-15(27)11-21(19)25)7-9-29-23(13)31-24-14(2)18(8-10-30-24)20-6-4-16(28)12-22(20)26/h3-12H,27-28H2,1-2H3. The second kappa shape index (κ2) is 8.79. The van der Waals surface area contributed by atoms with E-state index in [1.165, 1.54) is 11.8 Å². The molecule has 4 rings (SSSR count). The summed E-state index contributed by atoms with van der Waals surface area (Å²) < 4.78 is 0. The SMILES string of the molecule is Cc1c(-c2ccc(N)cc2Cl)ccnc1Sc1nccc(-c2ccc(N)cc2Cl)c1C. The van der Waals surface area contributed by atoms with Gasteiger partial charge in [-0.25, -0.2) is 9.97 Å². The molecule has 7 heteroatoms. The van der Waals surface area contributed by atoms with E-state index < -0.39 is 0 Å². The molecule has 0 fully saturated rings. The van der Waals surface area contributed by atoms with Gasteiger partial charge < -0.3 is 11.5 Å². The van der Waals surface area contributed by atoms with Crippen molar-refractivity contribution in [2.24, 2.45) is 0 Å². The average Bonchev–Trinajstić information content (AvgIpc) is 2.72. The van der Waals surface area contributed by atoms with Crippen LogP contribution in [-0.4, -0.2) is 9.97 Å². The quantitative estimate of drug-likeness (QED) is 0.315. The summed E-state index contributed by atoms with van der Waals surface area (Å²) in [6.07, 6.45) is 3.57. The van der Waals surface area contributed by atoms with Crippen LogP contribution in [0.3, 0.4) is 0 Å². The van der Waals surface area contributed by atoms with Crippen LogP contribution >= 0.6 is 35.0 Å². The number of pyridine rings is 2. The first-order valence-electron chi connectivity index (χ1n) is 9.55. The molecule has 2 heterocycles. The summed E-state index contributed by atoms with van der Waals surface area (Å²) in [5, 5.41) is 2.95. The topological polar surface area (TPSA) is 77.8 Å². The lowest BCUT2D eigenvalue weighted by Gasteiger charge is -2.14. The molecule has 0 bridgehead atoms. The van der Waals surface area contributed by atoms with Crippen LogP contribution < -0.4 is 11.5 Å². The number of nitrogens with zero attached hydrogens (tertiary/aromatic N) is 2. The number of anilines is 2. The summed E-state index contributed by atoms with van der Waals surface area (Å²) in [7, 11) is 0. The number of hydrogen-bond donors (Lipinski definition) is 2. The number of nitrogen functional groups attached to an aromatic ring is 2. The monoisotopic (exact) mass is 466 g/mol.